The molecular formula is C22H26N4O2. The Bertz CT molecular complexity index is 930. The number of carbonyl (C=O) groups excluding carboxylic acids is 1. The van der Waals surface area contributed by atoms with E-state index in [1.807, 2.05) is 17.2 Å². The minimum absolute atomic E-state index is 0.139. The van der Waals surface area contributed by atoms with Crippen molar-refractivity contribution in [3.05, 3.63) is 54.5 Å². The molecule has 5 heterocycles. The van der Waals surface area contributed by atoms with E-state index >= 15 is 0 Å². The first-order valence-corrected chi connectivity index (χ1v) is 10.1. The summed E-state index contributed by atoms with van der Waals surface area (Å²) >= 11 is 0. The van der Waals surface area contributed by atoms with Crippen molar-refractivity contribution in [2.24, 2.45) is 0 Å². The van der Waals surface area contributed by atoms with Crippen LogP contribution < -0.4 is 4.90 Å². The number of carbonyl (C=O) groups is 1. The highest BCUT2D eigenvalue weighted by Gasteiger charge is 2.51. The first-order chi connectivity index (χ1) is 13.6. The van der Waals surface area contributed by atoms with E-state index in [4.69, 9.17) is 4.74 Å². The Morgan fingerprint density at radius 1 is 1.39 bits per heavy atom. The van der Waals surface area contributed by atoms with Gasteiger partial charge < -0.3 is 19.1 Å². The molecule has 2 atom stereocenters. The Labute approximate surface area is 165 Å². The lowest BCUT2D eigenvalue weighted by Gasteiger charge is -2.47. The molecule has 28 heavy (non-hydrogen) atoms. The predicted molar refractivity (Wildman–Crippen MR) is 108 cm³/mol. The van der Waals surface area contributed by atoms with Crippen molar-refractivity contribution in [2.75, 3.05) is 31.1 Å². The highest BCUT2D eigenvalue weighted by atomic mass is 16.5. The molecule has 6 nitrogen and oxygen atoms in total. The van der Waals surface area contributed by atoms with Crippen LogP contribution in [0.15, 0.2) is 48.8 Å². The second kappa shape index (κ2) is 6.48. The topological polar surface area (TPSA) is 50.6 Å². The van der Waals surface area contributed by atoms with Crippen molar-refractivity contribution in [2.45, 2.75) is 37.8 Å². The van der Waals surface area contributed by atoms with Crippen molar-refractivity contribution in [1.29, 1.82) is 0 Å². The summed E-state index contributed by atoms with van der Waals surface area (Å²) in [5.74, 6) is 1.08. The second-order valence-electron chi connectivity index (χ2n) is 8.20. The smallest absolute Gasteiger partial charge is 0.251 e. The highest BCUT2D eigenvalue weighted by Crippen LogP contribution is 2.47. The van der Waals surface area contributed by atoms with Crippen molar-refractivity contribution in [1.82, 2.24) is 14.5 Å². The van der Waals surface area contributed by atoms with Crippen LogP contribution in [-0.2, 0) is 15.1 Å². The van der Waals surface area contributed by atoms with E-state index in [1.54, 1.807) is 0 Å². The van der Waals surface area contributed by atoms with Gasteiger partial charge in [0.15, 0.2) is 5.82 Å². The van der Waals surface area contributed by atoms with E-state index < -0.39 is 0 Å². The summed E-state index contributed by atoms with van der Waals surface area (Å²) in [7, 11) is 0. The Kier molecular flexibility index (Phi) is 4.05. The molecule has 2 saturated heterocycles. The summed E-state index contributed by atoms with van der Waals surface area (Å²) in [5, 5.41) is 0. The first kappa shape index (κ1) is 17.5. The third-order valence-corrected chi connectivity index (χ3v) is 6.22. The van der Waals surface area contributed by atoms with Gasteiger partial charge in [0, 0.05) is 38.6 Å². The maximum Gasteiger partial charge on any atom is 0.251 e. The number of amides is 1. The van der Waals surface area contributed by atoms with Gasteiger partial charge in [-0.05, 0) is 50.5 Å². The molecule has 0 aromatic carbocycles. The number of ether oxygens (including phenoxy) is 1. The summed E-state index contributed by atoms with van der Waals surface area (Å²) in [6.07, 6.45) is 6.33. The van der Waals surface area contributed by atoms with Crippen LogP contribution in [0.2, 0.25) is 0 Å². The minimum atomic E-state index is -0.271. The number of likely N-dealkylation sites (tertiary alicyclic amines) is 1. The van der Waals surface area contributed by atoms with Gasteiger partial charge in [0.2, 0.25) is 0 Å². The molecule has 0 bridgehead atoms. The van der Waals surface area contributed by atoms with Crippen molar-refractivity contribution in [3.63, 3.8) is 0 Å². The van der Waals surface area contributed by atoms with Gasteiger partial charge in [0.05, 0.1) is 11.4 Å². The third-order valence-electron chi connectivity index (χ3n) is 6.22. The average molecular weight is 378 g/mol. The fourth-order valence-corrected chi connectivity index (χ4v) is 4.99. The van der Waals surface area contributed by atoms with Crippen LogP contribution in [0.4, 0.5) is 5.69 Å². The van der Waals surface area contributed by atoms with Gasteiger partial charge in [0.1, 0.15) is 11.6 Å². The quantitative estimate of drug-likeness (QED) is 0.771. The van der Waals surface area contributed by atoms with Crippen LogP contribution in [0.5, 0.6) is 0 Å². The molecule has 2 fully saturated rings. The lowest BCUT2D eigenvalue weighted by Crippen LogP contribution is -2.53. The number of pyridine rings is 1. The largest absolute Gasteiger partial charge is 0.368 e. The molecule has 146 valence electrons. The lowest BCUT2D eigenvalue weighted by atomic mass is 9.88. The molecule has 5 rings (SSSR count). The molecule has 2 aromatic rings. The van der Waals surface area contributed by atoms with Crippen molar-refractivity contribution >= 4 is 11.6 Å². The van der Waals surface area contributed by atoms with Gasteiger partial charge in [-0.3, -0.25) is 4.79 Å². The minimum Gasteiger partial charge on any atom is -0.368 e. The Balaban J connectivity index is 1.57. The molecule has 6 heteroatoms. The first-order valence-electron chi connectivity index (χ1n) is 10.1. The van der Waals surface area contributed by atoms with Gasteiger partial charge in [-0.2, -0.15) is 0 Å². The normalized spacial score (nSPS) is 25.8. The molecule has 3 aliphatic heterocycles. The second-order valence-corrected chi connectivity index (χ2v) is 8.20. The zero-order chi connectivity index (χ0) is 19.3. The van der Waals surface area contributed by atoms with Crippen LogP contribution in [0.25, 0.3) is 5.82 Å². The van der Waals surface area contributed by atoms with Gasteiger partial charge in [-0.15, -0.1) is 0 Å². The van der Waals surface area contributed by atoms with Gasteiger partial charge >= 0.3 is 0 Å². The summed E-state index contributed by atoms with van der Waals surface area (Å²) < 4.78 is 7.86. The van der Waals surface area contributed by atoms with Gasteiger partial charge in [-0.25, -0.2) is 4.98 Å². The fourth-order valence-electron chi connectivity index (χ4n) is 4.99. The number of aromatic nitrogens is 2. The summed E-state index contributed by atoms with van der Waals surface area (Å²) in [5.41, 5.74) is 3.12. The molecule has 0 saturated carbocycles. The van der Waals surface area contributed by atoms with Crippen LogP contribution >= 0.6 is 0 Å². The molecule has 1 amide bonds. The van der Waals surface area contributed by atoms with Crippen molar-refractivity contribution in [3.8, 4) is 5.82 Å². The summed E-state index contributed by atoms with van der Waals surface area (Å²) in [6.45, 7) is 9.07. The summed E-state index contributed by atoms with van der Waals surface area (Å²) in [6, 6.07) is 8.35. The van der Waals surface area contributed by atoms with E-state index in [0.717, 1.165) is 49.4 Å². The van der Waals surface area contributed by atoms with Crippen molar-refractivity contribution < 1.29 is 9.53 Å². The molecule has 0 aliphatic carbocycles. The molecule has 1 spiro atoms. The SMILES string of the molecule is C=C(C)CN1c2cccnc2-n2cccc2[C@@]12CCN(C(=O)[C@H]1CCCO1)C2. The van der Waals surface area contributed by atoms with Crippen LogP contribution in [-0.4, -0.2) is 52.7 Å². The monoisotopic (exact) mass is 378 g/mol. The molecule has 0 unspecified atom stereocenters. The average Bonchev–Trinajstić information content (AvgIpc) is 3.45. The highest BCUT2D eigenvalue weighted by molar-refractivity contribution is 5.82. The lowest BCUT2D eigenvalue weighted by molar-refractivity contribution is -0.140. The van der Waals surface area contributed by atoms with E-state index in [9.17, 15) is 4.79 Å². The van der Waals surface area contributed by atoms with E-state index in [-0.39, 0.29) is 17.6 Å². The number of fused-ring (bicyclic) bond motifs is 4. The van der Waals surface area contributed by atoms with Gasteiger partial charge in [0.25, 0.3) is 5.91 Å². The van der Waals surface area contributed by atoms with E-state index in [0.29, 0.717) is 13.2 Å². The zero-order valence-corrected chi connectivity index (χ0v) is 16.3. The number of anilines is 1. The van der Waals surface area contributed by atoms with E-state index in [1.165, 1.54) is 5.69 Å². The zero-order valence-electron chi connectivity index (χ0n) is 16.3. The Morgan fingerprint density at radius 3 is 3.07 bits per heavy atom. The number of hydrogen-bond donors (Lipinski definition) is 0. The van der Waals surface area contributed by atoms with Crippen LogP contribution in [0.1, 0.15) is 31.9 Å². The molecule has 2 aromatic heterocycles. The van der Waals surface area contributed by atoms with E-state index in [2.05, 4.69) is 52.3 Å². The third kappa shape index (κ3) is 2.51. The molecular weight excluding hydrogens is 352 g/mol. The molecule has 3 aliphatic rings. The predicted octanol–water partition coefficient (Wildman–Crippen LogP) is 2.88. The fraction of sp³-hybridized carbons (Fsp3) is 0.455. The van der Waals surface area contributed by atoms with Crippen LogP contribution in [0, 0.1) is 0 Å². The molecule has 0 radical (unpaired) electrons. The van der Waals surface area contributed by atoms with Gasteiger partial charge in [-0.1, -0.05) is 12.2 Å². The van der Waals surface area contributed by atoms with Crippen LogP contribution in [0.3, 0.4) is 0 Å². The maximum atomic E-state index is 13.0. The Morgan fingerprint density at radius 2 is 2.29 bits per heavy atom. The maximum absolute atomic E-state index is 13.0. The standard InChI is InChI=1S/C22H26N4O2/c1-16(2)14-26-17-6-3-10-23-20(17)25-11-4-8-19(25)22(26)9-12-24(15-22)21(27)18-7-5-13-28-18/h3-4,6,8,10-11,18H,1,5,7,9,12-15H2,2H3/t18-,22+/m1/s1. The summed E-state index contributed by atoms with van der Waals surface area (Å²) in [4.78, 5) is 22.1. The number of hydrogen-bond acceptors (Lipinski definition) is 4. The number of nitrogens with zero attached hydrogens (tertiary/aromatic N) is 4. The Hall–Kier alpha value is -2.60. The number of rotatable bonds is 3. The molecule has 0 N–H and O–H groups in total.